The van der Waals surface area contributed by atoms with Crippen LogP contribution >= 0.6 is 23.3 Å². The molecule has 3 rings (SSSR count). The van der Waals surface area contributed by atoms with Crippen LogP contribution in [-0.2, 0) is 14.3 Å². The molecule has 0 saturated carbocycles. The summed E-state index contributed by atoms with van der Waals surface area (Å²) >= 11 is 0.755. The maximum Gasteiger partial charge on any atom is 0.461 e. The van der Waals surface area contributed by atoms with Crippen molar-refractivity contribution in [3.05, 3.63) is 27.9 Å². The molecule has 2 aliphatic heterocycles. The highest BCUT2D eigenvalue weighted by molar-refractivity contribution is 7.98. The third-order valence-corrected chi connectivity index (χ3v) is 5.25. The lowest BCUT2D eigenvalue weighted by Gasteiger charge is -2.26. The fourth-order valence-electron chi connectivity index (χ4n) is 2.85. The Balaban J connectivity index is 1.84. The number of alkyl halides is 3. The molecule has 0 spiro atoms. The Hall–Kier alpha value is -2.08. The summed E-state index contributed by atoms with van der Waals surface area (Å²) < 4.78 is 43.9. The first-order valence-electron chi connectivity index (χ1n) is 7.95. The third-order valence-electron chi connectivity index (χ3n) is 3.94. The minimum Gasteiger partial charge on any atom is -0.463 e. The van der Waals surface area contributed by atoms with Gasteiger partial charge in [-0.2, -0.15) is 13.2 Å². The SMILES string of the molecule is CCOC(=O)C1=C2CC(C(=O)NSC(F)(F)F)CN2C(c2nccs2)=NC1. The van der Waals surface area contributed by atoms with Crippen LogP contribution in [0.4, 0.5) is 13.2 Å². The molecular formula is C15H15F3N4O3S2. The summed E-state index contributed by atoms with van der Waals surface area (Å²) in [5.74, 6) is -1.53. The molecule has 1 N–H and O–H groups in total. The number of esters is 1. The lowest BCUT2D eigenvalue weighted by atomic mass is 10.0. The summed E-state index contributed by atoms with van der Waals surface area (Å²) in [6.07, 6.45) is 1.73. The van der Waals surface area contributed by atoms with Crippen LogP contribution in [0.25, 0.3) is 0 Å². The Labute approximate surface area is 160 Å². The fraction of sp³-hybridized carbons (Fsp3) is 0.467. The van der Waals surface area contributed by atoms with E-state index in [0.717, 1.165) is 0 Å². The molecule has 0 aromatic carbocycles. The number of amides is 1. The van der Waals surface area contributed by atoms with E-state index < -0.39 is 35.3 Å². The van der Waals surface area contributed by atoms with Gasteiger partial charge in [-0.05, 0) is 6.92 Å². The van der Waals surface area contributed by atoms with E-state index in [0.29, 0.717) is 22.1 Å². The van der Waals surface area contributed by atoms with E-state index in [9.17, 15) is 22.8 Å². The molecule has 0 bridgehead atoms. The molecule has 0 radical (unpaired) electrons. The fourth-order valence-corrected chi connectivity index (χ4v) is 3.89. The van der Waals surface area contributed by atoms with Gasteiger partial charge in [0.2, 0.25) is 5.91 Å². The predicted octanol–water partition coefficient (Wildman–Crippen LogP) is 2.33. The second kappa shape index (κ2) is 7.89. The standard InChI is InChI=1S/C15H15F3N4O3S2/c1-2-25-14(24)9-6-20-11(13-19-3-4-26-13)22-7-8(5-10(9)22)12(23)21-27-15(16,17)18/h3-4,8H,2,5-7H2,1H3,(H,21,23). The summed E-state index contributed by atoms with van der Waals surface area (Å²) in [6, 6.07) is 0. The molecular weight excluding hydrogens is 405 g/mol. The minimum absolute atomic E-state index is 0.0746. The van der Waals surface area contributed by atoms with Gasteiger partial charge in [0.15, 0.2) is 10.8 Å². The minimum atomic E-state index is -4.57. The number of ether oxygens (including phenoxy) is 1. The number of rotatable bonds is 5. The topological polar surface area (TPSA) is 83.9 Å². The number of halogens is 3. The number of allylic oxidation sites excluding steroid dienone is 1. The van der Waals surface area contributed by atoms with E-state index in [1.807, 2.05) is 4.72 Å². The van der Waals surface area contributed by atoms with Crippen molar-refractivity contribution in [1.29, 1.82) is 0 Å². The number of carbonyl (C=O) groups excluding carboxylic acids is 2. The second-order valence-electron chi connectivity index (χ2n) is 5.65. The Morgan fingerprint density at radius 1 is 1.48 bits per heavy atom. The lowest BCUT2D eigenvalue weighted by molar-refractivity contribution is -0.138. The Bertz CT molecular complexity index is 793. The zero-order valence-corrected chi connectivity index (χ0v) is 15.7. The first-order valence-corrected chi connectivity index (χ1v) is 9.65. The Morgan fingerprint density at radius 2 is 2.26 bits per heavy atom. The zero-order chi connectivity index (χ0) is 19.6. The monoisotopic (exact) mass is 420 g/mol. The number of carbonyl (C=O) groups is 2. The molecule has 1 amide bonds. The van der Waals surface area contributed by atoms with Crippen molar-refractivity contribution in [2.45, 2.75) is 18.9 Å². The molecule has 1 unspecified atom stereocenters. The van der Waals surface area contributed by atoms with Crippen molar-refractivity contribution in [1.82, 2.24) is 14.6 Å². The summed E-state index contributed by atoms with van der Waals surface area (Å²) in [5, 5.41) is 2.38. The Morgan fingerprint density at radius 3 is 2.89 bits per heavy atom. The number of fused-ring (bicyclic) bond motifs is 1. The first-order chi connectivity index (χ1) is 12.8. The average Bonchev–Trinajstić information content (AvgIpc) is 3.28. The highest BCUT2D eigenvalue weighted by Crippen LogP contribution is 2.35. The van der Waals surface area contributed by atoms with Gasteiger partial charge in [0.25, 0.3) is 0 Å². The van der Waals surface area contributed by atoms with Crippen molar-refractivity contribution >= 4 is 41.0 Å². The number of nitrogens with zero attached hydrogens (tertiary/aromatic N) is 3. The van der Waals surface area contributed by atoms with Gasteiger partial charge in [0, 0.05) is 30.2 Å². The van der Waals surface area contributed by atoms with E-state index in [2.05, 4.69) is 9.98 Å². The van der Waals surface area contributed by atoms with Crippen LogP contribution in [-0.4, -0.2) is 52.8 Å². The highest BCUT2D eigenvalue weighted by atomic mass is 32.2. The van der Waals surface area contributed by atoms with Gasteiger partial charge >= 0.3 is 11.5 Å². The predicted molar refractivity (Wildman–Crippen MR) is 93.8 cm³/mol. The molecule has 146 valence electrons. The lowest BCUT2D eigenvalue weighted by Crippen LogP contribution is -2.36. The quantitative estimate of drug-likeness (QED) is 0.582. The van der Waals surface area contributed by atoms with Crippen molar-refractivity contribution in [3.63, 3.8) is 0 Å². The molecule has 27 heavy (non-hydrogen) atoms. The van der Waals surface area contributed by atoms with Gasteiger partial charge in [-0.15, -0.1) is 11.3 Å². The molecule has 1 aromatic rings. The Kier molecular flexibility index (Phi) is 5.75. The van der Waals surface area contributed by atoms with Crippen molar-refractivity contribution < 1.29 is 27.5 Å². The van der Waals surface area contributed by atoms with Gasteiger partial charge in [0.05, 0.1) is 36.6 Å². The number of nitrogens with one attached hydrogen (secondary N) is 1. The third kappa shape index (κ3) is 4.43. The van der Waals surface area contributed by atoms with Crippen molar-refractivity contribution in [2.24, 2.45) is 10.9 Å². The summed E-state index contributed by atoms with van der Waals surface area (Å²) in [5.41, 5.74) is -3.70. The summed E-state index contributed by atoms with van der Waals surface area (Å²) in [4.78, 5) is 34.7. The number of aromatic nitrogens is 1. The maximum atomic E-state index is 12.3. The van der Waals surface area contributed by atoms with E-state index in [-0.39, 0.29) is 26.1 Å². The summed E-state index contributed by atoms with van der Waals surface area (Å²) in [7, 11) is 0. The largest absolute Gasteiger partial charge is 0.463 e. The molecule has 12 heteroatoms. The zero-order valence-electron chi connectivity index (χ0n) is 14.1. The number of aliphatic imine (C=N–C) groups is 1. The molecule has 7 nitrogen and oxygen atoms in total. The molecule has 2 aliphatic rings. The van der Waals surface area contributed by atoms with Gasteiger partial charge in [0.1, 0.15) is 0 Å². The number of amidine groups is 1. The highest BCUT2D eigenvalue weighted by Gasteiger charge is 2.41. The number of hydrogen-bond donors (Lipinski definition) is 1. The normalized spacial score (nSPS) is 19.6. The molecule has 1 aromatic heterocycles. The van der Waals surface area contributed by atoms with Crippen LogP contribution in [0.2, 0.25) is 0 Å². The average molecular weight is 420 g/mol. The van der Waals surface area contributed by atoms with Gasteiger partial charge in [-0.25, -0.2) is 9.78 Å². The van der Waals surface area contributed by atoms with Gasteiger partial charge < -0.3 is 9.64 Å². The van der Waals surface area contributed by atoms with Crippen LogP contribution in [0, 0.1) is 5.92 Å². The smallest absolute Gasteiger partial charge is 0.461 e. The van der Waals surface area contributed by atoms with Crippen LogP contribution in [0.5, 0.6) is 0 Å². The van der Waals surface area contributed by atoms with E-state index in [4.69, 9.17) is 4.74 Å². The van der Waals surface area contributed by atoms with Crippen molar-refractivity contribution in [3.8, 4) is 0 Å². The maximum absolute atomic E-state index is 12.3. The van der Waals surface area contributed by atoms with Gasteiger partial charge in [-0.3, -0.25) is 14.5 Å². The summed E-state index contributed by atoms with van der Waals surface area (Å²) in [6.45, 7) is 2.05. The van der Waals surface area contributed by atoms with E-state index in [1.54, 1.807) is 23.4 Å². The molecule has 1 saturated heterocycles. The van der Waals surface area contributed by atoms with Gasteiger partial charge in [-0.1, -0.05) is 0 Å². The van der Waals surface area contributed by atoms with E-state index >= 15 is 0 Å². The first kappa shape index (κ1) is 19.7. The number of thiazole rings is 1. The molecule has 1 fully saturated rings. The second-order valence-corrected chi connectivity index (χ2v) is 7.41. The van der Waals surface area contributed by atoms with Crippen LogP contribution in [0.1, 0.15) is 18.4 Å². The molecule has 1 atom stereocenters. The van der Waals surface area contributed by atoms with Crippen LogP contribution < -0.4 is 4.72 Å². The van der Waals surface area contributed by atoms with Crippen LogP contribution in [0.3, 0.4) is 0 Å². The van der Waals surface area contributed by atoms with E-state index in [1.165, 1.54) is 11.3 Å². The van der Waals surface area contributed by atoms with Crippen molar-refractivity contribution in [2.75, 3.05) is 19.7 Å². The molecule has 0 aliphatic carbocycles. The van der Waals surface area contributed by atoms with Crippen LogP contribution in [0.15, 0.2) is 27.8 Å². The molecule has 3 heterocycles. The number of hydrogen-bond acceptors (Lipinski definition) is 8.